The van der Waals surface area contributed by atoms with E-state index in [4.69, 9.17) is 0 Å². The lowest BCUT2D eigenvalue weighted by Crippen LogP contribution is -2.26. The number of hydrogen-bond acceptors (Lipinski definition) is 5. The lowest BCUT2D eigenvalue weighted by molar-refractivity contribution is -0.119. The Balaban J connectivity index is 3.41. The number of alkyl carbamates (subject to hydrolysis) is 2. The Labute approximate surface area is 119 Å². The van der Waals surface area contributed by atoms with E-state index >= 15 is 0 Å². The molecular weight excluding hydrogens is 264 g/mol. The maximum atomic E-state index is 11.5. The van der Waals surface area contributed by atoms with Crippen molar-refractivity contribution in [2.45, 2.75) is 39.5 Å². The third kappa shape index (κ3) is 11.3. The zero-order valence-electron chi connectivity index (χ0n) is 12.2. The highest BCUT2D eigenvalue weighted by Crippen LogP contribution is 1.98. The Morgan fingerprint density at radius 1 is 0.800 bits per heavy atom. The smallest absolute Gasteiger partial charge is 0.407 e. The molecule has 0 saturated heterocycles. The van der Waals surface area contributed by atoms with Crippen molar-refractivity contribution in [3.05, 3.63) is 0 Å². The van der Waals surface area contributed by atoms with Crippen molar-refractivity contribution < 1.29 is 23.9 Å². The van der Waals surface area contributed by atoms with Crippen LogP contribution >= 0.6 is 0 Å². The Morgan fingerprint density at radius 3 is 1.55 bits per heavy atom. The molecule has 0 fully saturated rings. The van der Waals surface area contributed by atoms with Gasteiger partial charge in [-0.2, -0.15) is 0 Å². The second-order valence-electron chi connectivity index (χ2n) is 4.04. The molecule has 0 aliphatic carbocycles. The van der Waals surface area contributed by atoms with Gasteiger partial charge in [0.2, 0.25) is 0 Å². The summed E-state index contributed by atoms with van der Waals surface area (Å²) in [6.45, 7) is 4.97. The quantitative estimate of drug-likeness (QED) is 0.596. The summed E-state index contributed by atoms with van der Waals surface area (Å²) in [7, 11) is 0. The van der Waals surface area contributed by atoms with Gasteiger partial charge in [0.25, 0.3) is 0 Å². The highest BCUT2D eigenvalue weighted by molar-refractivity contribution is 5.78. The molecule has 0 aromatic rings. The van der Waals surface area contributed by atoms with Crippen LogP contribution in [0.2, 0.25) is 0 Å². The number of ether oxygens (including phenoxy) is 2. The average Bonchev–Trinajstić information content (AvgIpc) is 2.40. The number of carbonyl (C=O) groups excluding carboxylic acids is 3. The van der Waals surface area contributed by atoms with Crippen LogP contribution in [0.3, 0.4) is 0 Å². The summed E-state index contributed by atoms with van der Waals surface area (Å²) < 4.78 is 9.37. The number of hydrogen-bond donors (Lipinski definition) is 2. The van der Waals surface area contributed by atoms with Crippen LogP contribution in [0.4, 0.5) is 9.59 Å². The molecule has 0 saturated carbocycles. The maximum Gasteiger partial charge on any atom is 0.407 e. The van der Waals surface area contributed by atoms with Gasteiger partial charge in [-0.1, -0.05) is 0 Å². The van der Waals surface area contributed by atoms with E-state index in [-0.39, 0.29) is 5.78 Å². The number of Topliss-reactive ketones (excluding diaryl/α,β-unsaturated/α-hetero) is 1. The van der Waals surface area contributed by atoms with Crippen LogP contribution in [0.15, 0.2) is 0 Å². The van der Waals surface area contributed by atoms with Crippen LogP contribution < -0.4 is 10.6 Å². The van der Waals surface area contributed by atoms with Gasteiger partial charge in [-0.15, -0.1) is 0 Å². The van der Waals surface area contributed by atoms with Crippen molar-refractivity contribution in [1.82, 2.24) is 10.6 Å². The van der Waals surface area contributed by atoms with E-state index in [1.165, 1.54) is 0 Å². The fourth-order valence-corrected chi connectivity index (χ4v) is 1.44. The van der Waals surface area contributed by atoms with Crippen molar-refractivity contribution in [3.8, 4) is 0 Å². The van der Waals surface area contributed by atoms with Crippen LogP contribution in [0.1, 0.15) is 39.5 Å². The van der Waals surface area contributed by atoms with Crippen LogP contribution in [0.25, 0.3) is 0 Å². The molecule has 0 bridgehead atoms. The lowest BCUT2D eigenvalue weighted by Gasteiger charge is -2.06. The summed E-state index contributed by atoms with van der Waals surface area (Å²) in [6, 6.07) is 0. The molecule has 0 unspecified atom stereocenters. The van der Waals surface area contributed by atoms with Crippen molar-refractivity contribution in [2.24, 2.45) is 0 Å². The molecule has 0 aromatic carbocycles. The highest BCUT2D eigenvalue weighted by atomic mass is 16.5. The lowest BCUT2D eigenvalue weighted by atomic mass is 10.1. The molecule has 2 N–H and O–H groups in total. The Morgan fingerprint density at radius 2 is 1.20 bits per heavy atom. The van der Waals surface area contributed by atoms with Crippen LogP contribution in [0, 0.1) is 0 Å². The molecule has 7 heteroatoms. The summed E-state index contributed by atoms with van der Waals surface area (Å²) in [5, 5.41) is 5.10. The molecule has 20 heavy (non-hydrogen) atoms. The fourth-order valence-electron chi connectivity index (χ4n) is 1.44. The number of ketones is 1. The molecule has 116 valence electrons. The third-order valence-corrected chi connectivity index (χ3v) is 2.35. The Hall–Kier alpha value is -1.79. The number of rotatable bonds is 10. The van der Waals surface area contributed by atoms with E-state index in [1.807, 2.05) is 0 Å². The first kappa shape index (κ1) is 18.2. The monoisotopic (exact) mass is 288 g/mol. The molecule has 0 spiro atoms. The molecule has 0 rings (SSSR count). The SMILES string of the molecule is CCOC(=O)NCCCC(=O)CCCNC(=O)OCC. The minimum absolute atomic E-state index is 0.112. The second kappa shape index (κ2) is 12.3. The maximum absolute atomic E-state index is 11.5. The largest absolute Gasteiger partial charge is 0.450 e. The van der Waals surface area contributed by atoms with Crippen molar-refractivity contribution in [2.75, 3.05) is 26.3 Å². The van der Waals surface area contributed by atoms with Gasteiger partial charge in [0.05, 0.1) is 13.2 Å². The van der Waals surface area contributed by atoms with Crippen LogP contribution in [0.5, 0.6) is 0 Å². The van der Waals surface area contributed by atoms with Gasteiger partial charge >= 0.3 is 12.2 Å². The molecule has 0 radical (unpaired) electrons. The molecule has 7 nitrogen and oxygen atoms in total. The molecular formula is C13H24N2O5. The molecule has 0 atom stereocenters. The van der Waals surface area contributed by atoms with Gasteiger partial charge in [-0.25, -0.2) is 9.59 Å². The molecule has 0 aliphatic heterocycles. The summed E-state index contributed by atoms with van der Waals surface area (Å²) in [6.07, 6.45) is 1.07. The summed E-state index contributed by atoms with van der Waals surface area (Å²) in [5.41, 5.74) is 0. The van der Waals surface area contributed by atoms with Crippen molar-refractivity contribution >= 4 is 18.0 Å². The number of nitrogens with one attached hydrogen (secondary N) is 2. The molecule has 0 aromatic heterocycles. The van der Waals surface area contributed by atoms with E-state index < -0.39 is 12.2 Å². The highest BCUT2D eigenvalue weighted by Gasteiger charge is 2.04. The summed E-state index contributed by atoms with van der Waals surface area (Å²) in [4.78, 5) is 33.4. The van der Waals surface area contributed by atoms with Gasteiger partial charge in [0.1, 0.15) is 5.78 Å². The fraction of sp³-hybridized carbons (Fsp3) is 0.769. The van der Waals surface area contributed by atoms with Crippen LogP contribution in [-0.4, -0.2) is 44.3 Å². The van der Waals surface area contributed by atoms with Gasteiger partial charge in [0.15, 0.2) is 0 Å². The third-order valence-electron chi connectivity index (χ3n) is 2.35. The number of amides is 2. The van der Waals surface area contributed by atoms with Crippen molar-refractivity contribution in [3.63, 3.8) is 0 Å². The number of carbonyl (C=O) groups is 3. The van der Waals surface area contributed by atoms with Crippen molar-refractivity contribution in [1.29, 1.82) is 0 Å². The first-order chi connectivity index (χ1) is 9.60. The zero-order chi connectivity index (χ0) is 15.2. The predicted octanol–water partition coefficient (Wildman–Crippen LogP) is 1.61. The first-order valence-corrected chi connectivity index (χ1v) is 6.93. The Kier molecular flexibility index (Phi) is 11.2. The molecule has 0 heterocycles. The van der Waals surface area contributed by atoms with Crippen LogP contribution in [-0.2, 0) is 14.3 Å². The van der Waals surface area contributed by atoms with E-state index in [0.29, 0.717) is 52.0 Å². The minimum atomic E-state index is -0.460. The van der Waals surface area contributed by atoms with E-state index in [2.05, 4.69) is 20.1 Å². The summed E-state index contributed by atoms with van der Waals surface area (Å²) in [5.74, 6) is 0.112. The standard InChI is InChI=1S/C13H24N2O5/c1-3-19-12(17)14-9-5-7-11(16)8-6-10-15-13(18)20-4-2/h3-10H2,1-2H3,(H,14,17)(H,15,18). The molecule has 2 amide bonds. The predicted molar refractivity (Wildman–Crippen MR) is 73.5 cm³/mol. The molecule has 0 aliphatic rings. The normalized spacial score (nSPS) is 9.70. The van der Waals surface area contributed by atoms with E-state index in [1.54, 1.807) is 13.8 Å². The van der Waals surface area contributed by atoms with Gasteiger partial charge < -0.3 is 20.1 Å². The van der Waals surface area contributed by atoms with Gasteiger partial charge in [-0.05, 0) is 26.7 Å². The Bertz CT molecular complexity index is 279. The van der Waals surface area contributed by atoms with Gasteiger partial charge in [-0.3, -0.25) is 4.79 Å². The first-order valence-electron chi connectivity index (χ1n) is 6.93. The average molecular weight is 288 g/mol. The minimum Gasteiger partial charge on any atom is -0.450 e. The van der Waals surface area contributed by atoms with E-state index in [9.17, 15) is 14.4 Å². The topological polar surface area (TPSA) is 93.7 Å². The summed E-state index contributed by atoms with van der Waals surface area (Å²) >= 11 is 0. The van der Waals surface area contributed by atoms with E-state index in [0.717, 1.165) is 0 Å². The van der Waals surface area contributed by atoms with Gasteiger partial charge in [0, 0.05) is 25.9 Å². The zero-order valence-corrected chi connectivity index (χ0v) is 12.2. The second-order valence-corrected chi connectivity index (χ2v) is 4.04.